The van der Waals surface area contributed by atoms with Crippen LogP contribution in [0.1, 0.15) is 19.4 Å². The molecule has 0 aromatic heterocycles. The van der Waals surface area contributed by atoms with Gasteiger partial charge < -0.3 is 14.4 Å². The van der Waals surface area contributed by atoms with E-state index in [2.05, 4.69) is 0 Å². The first-order chi connectivity index (χ1) is 8.47. The maximum atomic E-state index is 11.9. The summed E-state index contributed by atoms with van der Waals surface area (Å²) in [7, 11) is 3.33. The maximum absolute atomic E-state index is 11.9. The van der Waals surface area contributed by atoms with Gasteiger partial charge in [0.05, 0.1) is 12.1 Å². The van der Waals surface area contributed by atoms with Crippen molar-refractivity contribution in [2.75, 3.05) is 20.8 Å². The fourth-order valence-corrected chi connectivity index (χ4v) is 1.51. The van der Waals surface area contributed by atoms with Crippen LogP contribution in [0, 0.1) is 0 Å². The van der Waals surface area contributed by atoms with E-state index in [-0.39, 0.29) is 18.2 Å². The van der Waals surface area contributed by atoms with Crippen LogP contribution < -0.4 is 0 Å². The molecule has 4 nitrogen and oxygen atoms in total. The van der Waals surface area contributed by atoms with Crippen molar-refractivity contribution in [2.24, 2.45) is 0 Å². The minimum atomic E-state index is -0.386. The second kappa shape index (κ2) is 6.40. The Kier molecular flexibility index (Phi) is 5.16. The van der Waals surface area contributed by atoms with E-state index < -0.39 is 0 Å². The summed E-state index contributed by atoms with van der Waals surface area (Å²) >= 11 is 0. The molecule has 1 amide bonds. The van der Waals surface area contributed by atoms with Crippen molar-refractivity contribution in [1.29, 1.82) is 0 Å². The number of ether oxygens (including phenoxy) is 2. The van der Waals surface area contributed by atoms with Crippen LogP contribution in [0.25, 0.3) is 0 Å². The summed E-state index contributed by atoms with van der Waals surface area (Å²) < 4.78 is 10.3. The van der Waals surface area contributed by atoms with Gasteiger partial charge in [-0.2, -0.15) is 0 Å². The lowest BCUT2D eigenvalue weighted by atomic mass is 10.1. The van der Waals surface area contributed by atoms with Crippen LogP contribution in [-0.4, -0.2) is 37.3 Å². The van der Waals surface area contributed by atoms with Gasteiger partial charge in [0.15, 0.2) is 0 Å². The summed E-state index contributed by atoms with van der Waals surface area (Å²) in [5.74, 6) is 0. The van der Waals surface area contributed by atoms with Gasteiger partial charge >= 0.3 is 6.09 Å². The fraction of sp³-hybridized carbons (Fsp3) is 0.500. The molecule has 0 aliphatic rings. The average molecular weight is 251 g/mol. The third-order valence-corrected chi connectivity index (χ3v) is 2.88. The largest absolute Gasteiger partial charge is 0.445 e. The first-order valence-corrected chi connectivity index (χ1v) is 5.91. The highest BCUT2D eigenvalue weighted by Crippen LogP contribution is 2.14. The lowest BCUT2D eigenvalue weighted by molar-refractivity contribution is 0.0317. The van der Waals surface area contributed by atoms with Crippen molar-refractivity contribution in [3.05, 3.63) is 35.9 Å². The number of benzene rings is 1. The summed E-state index contributed by atoms with van der Waals surface area (Å²) in [4.78, 5) is 13.4. The molecule has 0 atom stereocenters. The van der Waals surface area contributed by atoms with Crippen molar-refractivity contribution >= 4 is 6.09 Å². The predicted molar refractivity (Wildman–Crippen MR) is 70.3 cm³/mol. The maximum Gasteiger partial charge on any atom is 0.410 e. The molecule has 0 unspecified atom stereocenters. The molecular weight excluding hydrogens is 230 g/mol. The van der Waals surface area contributed by atoms with Gasteiger partial charge in [-0.3, -0.25) is 0 Å². The van der Waals surface area contributed by atoms with E-state index in [0.29, 0.717) is 6.61 Å². The summed E-state index contributed by atoms with van der Waals surface area (Å²) in [6.07, 6.45) is -0.346. The van der Waals surface area contributed by atoms with E-state index in [1.165, 1.54) is 0 Å². The SMILES string of the molecule is COCC(C)(C)N(C)C(=O)OCc1ccccc1. The average Bonchev–Trinajstić information content (AvgIpc) is 2.36. The molecule has 1 aromatic rings. The van der Waals surface area contributed by atoms with Crippen molar-refractivity contribution in [1.82, 2.24) is 4.90 Å². The Labute approximate surface area is 108 Å². The van der Waals surface area contributed by atoms with Crippen LogP contribution in [0.5, 0.6) is 0 Å². The molecule has 0 N–H and O–H groups in total. The van der Waals surface area contributed by atoms with Crippen molar-refractivity contribution in [3.63, 3.8) is 0 Å². The highest BCUT2D eigenvalue weighted by molar-refractivity contribution is 5.68. The number of hydrogen-bond acceptors (Lipinski definition) is 3. The summed E-state index contributed by atoms with van der Waals surface area (Å²) in [6, 6.07) is 9.61. The second-order valence-corrected chi connectivity index (χ2v) is 4.84. The zero-order valence-electron chi connectivity index (χ0n) is 11.5. The van der Waals surface area contributed by atoms with Crippen LogP contribution in [0.2, 0.25) is 0 Å². The topological polar surface area (TPSA) is 38.8 Å². The molecule has 1 aromatic carbocycles. The van der Waals surface area contributed by atoms with Gasteiger partial charge in [-0.15, -0.1) is 0 Å². The van der Waals surface area contributed by atoms with Gasteiger partial charge in [0.25, 0.3) is 0 Å². The summed E-state index contributed by atoms with van der Waals surface area (Å²) in [6.45, 7) is 4.61. The van der Waals surface area contributed by atoms with Gasteiger partial charge in [0, 0.05) is 14.2 Å². The van der Waals surface area contributed by atoms with E-state index in [9.17, 15) is 4.79 Å². The van der Waals surface area contributed by atoms with Gasteiger partial charge in [-0.1, -0.05) is 30.3 Å². The quantitative estimate of drug-likeness (QED) is 0.807. The van der Waals surface area contributed by atoms with Gasteiger partial charge in [0.2, 0.25) is 0 Å². The molecule has 0 saturated heterocycles. The molecule has 0 heterocycles. The minimum absolute atomic E-state index is 0.285. The van der Waals surface area contributed by atoms with Crippen LogP contribution in [0.3, 0.4) is 0 Å². The monoisotopic (exact) mass is 251 g/mol. The fourth-order valence-electron chi connectivity index (χ4n) is 1.51. The highest BCUT2D eigenvalue weighted by atomic mass is 16.6. The first-order valence-electron chi connectivity index (χ1n) is 5.91. The van der Waals surface area contributed by atoms with E-state index in [1.54, 1.807) is 19.1 Å². The highest BCUT2D eigenvalue weighted by Gasteiger charge is 2.28. The third kappa shape index (κ3) is 4.04. The van der Waals surface area contributed by atoms with Crippen LogP contribution in [0.4, 0.5) is 4.79 Å². The van der Waals surface area contributed by atoms with E-state index in [4.69, 9.17) is 9.47 Å². The number of rotatable bonds is 5. The van der Waals surface area contributed by atoms with Gasteiger partial charge in [0.1, 0.15) is 6.61 Å². The van der Waals surface area contributed by atoms with Crippen molar-refractivity contribution in [3.8, 4) is 0 Å². The second-order valence-electron chi connectivity index (χ2n) is 4.84. The van der Waals surface area contributed by atoms with Crippen LogP contribution in [0.15, 0.2) is 30.3 Å². The van der Waals surface area contributed by atoms with E-state index in [0.717, 1.165) is 5.56 Å². The van der Waals surface area contributed by atoms with E-state index in [1.807, 2.05) is 44.2 Å². The van der Waals surface area contributed by atoms with Crippen molar-refractivity contribution < 1.29 is 14.3 Å². The number of amides is 1. The zero-order chi connectivity index (χ0) is 13.6. The smallest absolute Gasteiger partial charge is 0.410 e. The molecular formula is C14H21NO3. The molecule has 0 saturated carbocycles. The van der Waals surface area contributed by atoms with Gasteiger partial charge in [-0.25, -0.2) is 4.79 Å². The van der Waals surface area contributed by atoms with Gasteiger partial charge in [-0.05, 0) is 19.4 Å². The Morgan fingerprint density at radius 3 is 2.44 bits per heavy atom. The molecule has 0 radical (unpaired) electrons. The molecule has 1 rings (SSSR count). The Balaban J connectivity index is 2.50. The van der Waals surface area contributed by atoms with Crippen molar-refractivity contribution in [2.45, 2.75) is 26.0 Å². The normalized spacial score (nSPS) is 11.1. The number of hydrogen-bond donors (Lipinski definition) is 0. The number of nitrogens with zero attached hydrogens (tertiary/aromatic N) is 1. The molecule has 0 fully saturated rings. The Morgan fingerprint density at radius 2 is 1.89 bits per heavy atom. The first kappa shape index (κ1) is 14.5. The molecule has 0 spiro atoms. The van der Waals surface area contributed by atoms with Crippen LogP contribution >= 0.6 is 0 Å². The number of carbonyl (C=O) groups excluding carboxylic acids is 1. The Bertz CT molecular complexity index is 376. The number of carbonyl (C=O) groups is 1. The number of methoxy groups -OCH3 is 1. The number of likely N-dealkylation sites (N-methyl/N-ethyl adjacent to an activating group) is 1. The third-order valence-electron chi connectivity index (χ3n) is 2.88. The summed E-state index contributed by atoms with van der Waals surface area (Å²) in [5.41, 5.74) is 0.589. The Morgan fingerprint density at radius 1 is 1.28 bits per heavy atom. The lowest BCUT2D eigenvalue weighted by Crippen LogP contribution is -2.48. The molecule has 0 aliphatic carbocycles. The molecule has 0 aliphatic heterocycles. The molecule has 18 heavy (non-hydrogen) atoms. The molecule has 100 valence electrons. The summed E-state index contributed by atoms with van der Waals surface area (Å²) in [5, 5.41) is 0. The standard InChI is InChI=1S/C14H21NO3/c1-14(2,11-17-4)15(3)13(16)18-10-12-8-6-5-7-9-12/h5-9H,10-11H2,1-4H3. The van der Waals surface area contributed by atoms with E-state index >= 15 is 0 Å². The lowest BCUT2D eigenvalue weighted by Gasteiger charge is -2.34. The minimum Gasteiger partial charge on any atom is -0.445 e. The predicted octanol–water partition coefficient (Wildman–Crippen LogP) is 2.68. The van der Waals surface area contributed by atoms with Crippen LogP contribution in [-0.2, 0) is 16.1 Å². The molecule has 4 heteroatoms. The Hall–Kier alpha value is -1.55. The zero-order valence-corrected chi connectivity index (χ0v) is 11.5. The molecule has 0 bridgehead atoms.